The third kappa shape index (κ3) is 2.04. The van der Waals surface area contributed by atoms with Crippen LogP contribution in [0, 0.1) is 12.8 Å². The Bertz CT molecular complexity index is 529. The predicted molar refractivity (Wildman–Crippen MR) is 66.1 cm³/mol. The molecule has 0 bridgehead atoms. The van der Waals surface area contributed by atoms with Crippen molar-refractivity contribution in [1.82, 2.24) is 14.5 Å². The summed E-state index contributed by atoms with van der Waals surface area (Å²) in [4.78, 5) is 4.45. The molecule has 3 rings (SSSR count). The Morgan fingerprint density at radius 2 is 2.29 bits per heavy atom. The van der Waals surface area contributed by atoms with Gasteiger partial charge in [0.15, 0.2) is 5.82 Å². The lowest BCUT2D eigenvalue weighted by atomic mass is 10.2. The lowest BCUT2D eigenvalue weighted by Gasteiger charge is -1.96. The molecule has 0 saturated heterocycles. The van der Waals surface area contributed by atoms with E-state index in [1.807, 2.05) is 14.0 Å². The smallest absolute Gasteiger partial charge is 0.262 e. The van der Waals surface area contributed by atoms with Crippen molar-refractivity contribution in [2.24, 2.45) is 5.92 Å². The van der Waals surface area contributed by atoms with Crippen LogP contribution in [0.3, 0.4) is 0 Å². The van der Waals surface area contributed by atoms with Crippen LogP contribution in [0.25, 0.3) is 11.5 Å². The van der Waals surface area contributed by atoms with Crippen LogP contribution in [-0.2, 0) is 6.42 Å². The molecule has 1 N–H and O–H groups in total. The van der Waals surface area contributed by atoms with Gasteiger partial charge in [0.1, 0.15) is 5.00 Å². The normalized spacial score (nSPS) is 15.2. The largest absolute Gasteiger partial charge is 0.378 e. The first-order valence-electron chi connectivity index (χ1n) is 5.75. The van der Waals surface area contributed by atoms with Gasteiger partial charge in [-0.3, -0.25) is 0 Å². The molecule has 2 aromatic heterocycles. The molecule has 1 aliphatic carbocycles. The fourth-order valence-electron chi connectivity index (χ4n) is 1.81. The summed E-state index contributed by atoms with van der Waals surface area (Å²) in [5.74, 6) is 2.16. The molecule has 0 aliphatic heterocycles. The number of rotatable bonds is 4. The van der Waals surface area contributed by atoms with Crippen molar-refractivity contribution in [3.8, 4) is 11.5 Å². The summed E-state index contributed by atoms with van der Waals surface area (Å²) in [5.41, 5.74) is 1.87. The lowest BCUT2D eigenvalue weighted by molar-refractivity contribution is 0.421. The Morgan fingerprint density at radius 3 is 3.00 bits per heavy atom. The van der Waals surface area contributed by atoms with Gasteiger partial charge in [-0.2, -0.15) is 9.36 Å². The Labute approximate surface area is 103 Å². The molecule has 2 aromatic rings. The highest BCUT2D eigenvalue weighted by Crippen LogP contribution is 2.35. The van der Waals surface area contributed by atoms with Crippen LogP contribution in [0.15, 0.2) is 4.52 Å². The summed E-state index contributed by atoms with van der Waals surface area (Å²) >= 11 is 1.42. The van der Waals surface area contributed by atoms with Crippen LogP contribution in [0.2, 0.25) is 0 Å². The lowest BCUT2D eigenvalue weighted by Crippen LogP contribution is -1.91. The van der Waals surface area contributed by atoms with Crippen LogP contribution in [0.1, 0.15) is 24.4 Å². The van der Waals surface area contributed by atoms with Crippen molar-refractivity contribution < 1.29 is 4.52 Å². The topological polar surface area (TPSA) is 63.8 Å². The summed E-state index contributed by atoms with van der Waals surface area (Å²) in [7, 11) is 1.87. The number of aryl methyl sites for hydroxylation is 1. The van der Waals surface area contributed by atoms with Gasteiger partial charge in [-0.15, -0.1) is 0 Å². The Morgan fingerprint density at radius 1 is 1.47 bits per heavy atom. The van der Waals surface area contributed by atoms with E-state index in [1.54, 1.807) is 0 Å². The van der Waals surface area contributed by atoms with E-state index in [0.29, 0.717) is 5.89 Å². The molecule has 1 fully saturated rings. The maximum absolute atomic E-state index is 5.33. The van der Waals surface area contributed by atoms with Gasteiger partial charge in [-0.05, 0) is 37.2 Å². The van der Waals surface area contributed by atoms with Crippen LogP contribution in [0.4, 0.5) is 5.00 Å². The summed E-state index contributed by atoms with van der Waals surface area (Å²) in [5, 5.41) is 8.11. The maximum atomic E-state index is 5.33. The van der Waals surface area contributed by atoms with E-state index < -0.39 is 0 Å². The fraction of sp³-hybridized carbons (Fsp3) is 0.545. The summed E-state index contributed by atoms with van der Waals surface area (Å²) in [6, 6.07) is 0. The first-order chi connectivity index (χ1) is 8.28. The molecule has 0 unspecified atom stereocenters. The van der Waals surface area contributed by atoms with Gasteiger partial charge < -0.3 is 9.84 Å². The number of nitrogens with one attached hydrogen (secondary N) is 1. The molecule has 0 amide bonds. The molecule has 17 heavy (non-hydrogen) atoms. The number of anilines is 1. The second kappa shape index (κ2) is 4.10. The molecule has 6 heteroatoms. The average molecular weight is 250 g/mol. The minimum atomic E-state index is 0.580. The highest BCUT2D eigenvalue weighted by Gasteiger charge is 2.25. The van der Waals surface area contributed by atoms with Crippen molar-refractivity contribution in [2.75, 3.05) is 12.4 Å². The van der Waals surface area contributed by atoms with Crippen molar-refractivity contribution in [3.63, 3.8) is 0 Å². The van der Waals surface area contributed by atoms with E-state index in [9.17, 15) is 0 Å². The quantitative estimate of drug-likeness (QED) is 0.903. The van der Waals surface area contributed by atoms with Crippen molar-refractivity contribution in [3.05, 3.63) is 11.5 Å². The minimum absolute atomic E-state index is 0.580. The van der Waals surface area contributed by atoms with E-state index in [1.165, 1.54) is 24.4 Å². The molecule has 0 aromatic carbocycles. The second-order valence-corrected chi connectivity index (χ2v) is 5.16. The van der Waals surface area contributed by atoms with E-state index >= 15 is 0 Å². The zero-order valence-corrected chi connectivity index (χ0v) is 10.7. The van der Waals surface area contributed by atoms with E-state index in [0.717, 1.165) is 34.4 Å². The highest BCUT2D eigenvalue weighted by molar-refractivity contribution is 7.10. The molecular formula is C11H14N4OS. The predicted octanol–water partition coefficient (Wildman–Crippen LogP) is 2.50. The van der Waals surface area contributed by atoms with Gasteiger partial charge in [0.2, 0.25) is 0 Å². The Balaban J connectivity index is 1.91. The zero-order valence-electron chi connectivity index (χ0n) is 9.86. The molecule has 1 aliphatic rings. The van der Waals surface area contributed by atoms with Gasteiger partial charge in [-0.1, -0.05) is 5.16 Å². The number of hydrogen-bond acceptors (Lipinski definition) is 6. The van der Waals surface area contributed by atoms with Crippen molar-refractivity contribution in [1.29, 1.82) is 0 Å². The highest BCUT2D eigenvalue weighted by atomic mass is 32.1. The molecule has 0 spiro atoms. The van der Waals surface area contributed by atoms with Gasteiger partial charge in [0.05, 0.1) is 11.3 Å². The molecule has 5 nitrogen and oxygen atoms in total. The van der Waals surface area contributed by atoms with Crippen LogP contribution < -0.4 is 5.32 Å². The Kier molecular flexibility index (Phi) is 2.58. The third-order valence-electron chi connectivity index (χ3n) is 2.94. The first-order valence-corrected chi connectivity index (χ1v) is 6.52. The molecule has 2 heterocycles. The monoisotopic (exact) mass is 250 g/mol. The van der Waals surface area contributed by atoms with E-state index in [2.05, 4.69) is 19.8 Å². The van der Waals surface area contributed by atoms with Gasteiger partial charge in [0, 0.05) is 13.5 Å². The molecule has 1 saturated carbocycles. The molecule has 90 valence electrons. The second-order valence-electron chi connectivity index (χ2n) is 4.39. The van der Waals surface area contributed by atoms with Crippen LogP contribution >= 0.6 is 11.5 Å². The van der Waals surface area contributed by atoms with Crippen molar-refractivity contribution in [2.45, 2.75) is 26.2 Å². The molecular weight excluding hydrogens is 236 g/mol. The average Bonchev–Trinajstić information content (AvgIpc) is 2.87. The minimum Gasteiger partial charge on any atom is -0.378 e. The van der Waals surface area contributed by atoms with E-state index in [4.69, 9.17) is 4.52 Å². The van der Waals surface area contributed by atoms with Gasteiger partial charge in [-0.25, -0.2) is 0 Å². The standard InChI is InChI=1S/C11H14N4OS/c1-6-9(11(12-2)17-15-6)10-13-8(14-16-10)5-7-3-4-7/h7,12H,3-5H2,1-2H3. The van der Waals surface area contributed by atoms with Crippen molar-refractivity contribution >= 4 is 16.5 Å². The number of nitrogens with zero attached hydrogens (tertiary/aromatic N) is 3. The number of hydrogen-bond donors (Lipinski definition) is 1. The number of aromatic nitrogens is 3. The zero-order chi connectivity index (χ0) is 11.8. The third-order valence-corrected chi connectivity index (χ3v) is 3.90. The molecule has 0 atom stereocenters. The fourth-order valence-corrected chi connectivity index (χ4v) is 2.55. The Hall–Kier alpha value is -1.43. The van der Waals surface area contributed by atoms with Crippen LogP contribution in [-0.4, -0.2) is 21.6 Å². The van der Waals surface area contributed by atoms with Crippen LogP contribution in [0.5, 0.6) is 0 Å². The summed E-state index contributed by atoms with van der Waals surface area (Å²) in [6.07, 6.45) is 3.53. The first kappa shape index (κ1) is 10.7. The summed E-state index contributed by atoms with van der Waals surface area (Å²) in [6.45, 7) is 1.96. The maximum Gasteiger partial charge on any atom is 0.262 e. The van der Waals surface area contributed by atoms with Gasteiger partial charge in [0.25, 0.3) is 5.89 Å². The SMILES string of the molecule is CNc1snc(C)c1-c1nc(CC2CC2)no1. The van der Waals surface area contributed by atoms with Gasteiger partial charge >= 0.3 is 0 Å². The summed E-state index contributed by atoms with van der Waals surface area (Å²) < 4.78 is 9.62. The molecule has 0 radical (unpaired) electrons. The van der Waals surface area contributed by atoms with E-state index in [-0.39, 0.29) is 0 Å².